The SMILES string of the molecule is CCCCCC(Br)c1c(C)c(C)cc(C)c1C. The van der Waals surface area contributed by atoms with E-state index in [2.05, 4.69) is 56.6 Å². The van der Waals surface area contributed by atoms with Gasteiger partial charge in [0.15, 0.2) is 0 Å². The Labute approximate surface area is 115 Å². The van der Waals surface area contributed by atoms with Crippen LogP contribution in [0.5, 0.6) is 0 Å². The van der Waals surface area contributed by atoms with E-state index in [1.165, 1.54) is 53.5 Å². The number of hydrogen-bond acceptors (Lipinski definition) is 0. The molecule has 0 aromatic heterocycles. The fourth-order valence-electron chi connectivity index (χ4n) is 2.44. The summed E-state index contributed by atoms with van der Waals surface area (Å²) < 4.78 is 0. The molecule has 0 saturated heterocycles. The number of aryl methyl sites for hydroxylation is 2. The summed E-state index contributed by atoms with van der Waals surface area (Å²) in [6.45, 7) is 11.2. The zero-order valence-electron chi connectivity index (χ0n) is 11.9. The number of halogens is 1. The van der Waals surface area contributed by atoms with Crippen LogP contribution in [0.1, 0.15) is 65.3 Å². The van der Waals surface area contributed by atoms with Crippen LogP contribution in [-0.2, 0) is 0 Å². The Hall–Kier alpha value is -0.300. The summed E-state index contributed by atoms with van der Waals surface area (Å²) in [7, 11) is 0. The van der Waals surface area contributed by atoms with Gasteiger partial charge in [0.2, 0.25) is 0 Å². The first-order chi connectivity index (χ1) is 7.99. The molecule has 0 spiro atoms. The zero-order valence-corrected chi connectivity index (χ0v) is 13.4. The quantitative estimate of drug-likeness (QED) is 0.466. The maximum absolute atomic E-state index is 3.89. The van der Waals surface area contributed by atoms with E-state index < -0.39 is 0 Å². The molecule has 0 saturated carbocycles. The van der Waals surface area contributed by atoms with Crippen molar-refractivity contribution < 1.29 is 0 Å². The van der Waals surface area contributed by atoms with E-state index >= 15 is 0 Å². The van der Waals surface area contributed by atoms with Crippen LogP contribution in [0.25, 0.3) is 0 Å². The molecule has 0 heterocycles. The lowest BCUT2D eigenvalue weighted by Gasteiger charge is -2.20. The summed E-state index contributed by atoms with van der Waals surface area (Å²) in [5, 5.41) is 0. The third-order valence-corrected chi connectivity index (χ3v) is 4.71. The van der Waals surface area contributed by atoms with Crippen molar-refractivity contribution in [3.05, 3.63) is 33.9 Å². The first kappa shape index (κ1) is 14.8. The largest absolute Gasteiger partial charge is 0.0839 e. The van der Waals surface area contributed by atoms with Gasteiger partial charge < -0.3 is 0 Å². The number of rotatable bonds is 5. The second kappa shape index (κ2) is 6.58. The molecular weight excluding hydrogens is 272 g/mol. The predicted octanol–water partition coefficient (Wildman–Crippen LogP) is 5.94. The zero-order chi connectivity index (χ0) is 13.0. The highest BCUT2D eigenvalue weighted by atomic mass is 79.9. The molecule has 96 valence electrons. The van der Waals surface area contributed by atoms with Crippen LogP contribution in [-0.4, -0.2) is 0 Å². The summed E-state index contributed by atoms with van der Waals surface area (Å²) in [4.78, 5) is 0.521. The van der Waals surface area contributed by atoms with E-state index in [9.17, 15) is 0 Å². The Morgan fingerprint density at radius 2 is 1.53 bits per heavy atom. The summed E-state index contributed by atoms with van der Waals surface area (Å²) in [6.07, 6.45) is 5.20. The second-order valence-corrected chi connectivity index (χ2v) is 6.24. The maximum Gasteiger partial charge on any atom is 0.0400 e. The average molecular weight is 297 g/mol. The molecule has 0 nitrogen and oxygen atoms in total. The number of unbranched alkanes of at least 4 members (excludes halogenated alkanes) is 2. The Morgan fingerprint density at radius 3 is 2.00 bits per heavy atom. The lowest BCUT2D eigenvalue weighted by Crippen LogP contribution is -2.02. The first-order valence-corrected chi connectivity index (χ1v) is 7.62. The van der Waals surface area contributed by atoms with Gasteiger partial charge in [0, 0.05) is 4.83 Å². The van der Waals surface area contributed by atoms with Gasteiger partial charge in [-0.1, -0.05) is 48.2 Å². The van der Waals surface area contributed by atoms with Crippen molar-refractivity contribution in [2.75, 3.05) is 0 Å². The smallest absolute Gasteiger partial charge is 0.0400 e. The minimum absolute atomic E-state index is 0.521. The van der Waals surface area contributed by atoms with Gasteiger partial charge in [0.1, 0.15) is 0 Å². The van der Waals surface area contributed by atoms with Crippen LogP contribution in [0, 0.1) is 27.7 Å². The van der Waals surface area contributed by atoms with Gasteiger partial charge in [-0.15, -0.1) is 0 Å². The summed E-state index contributed by atoms with van der Waals surface area (Å²) >= 11 is 3.89. The van der Waals surface area contributed by atoms with Crippen molar-refractivity contribution in [3.63, 3.8) is 0 Å². The third-order valence-electron chi connectivity index (χ3n) is 3.80. The van der Waals surface area contributed by atoms with E-state index in [1.54, 1.807) is 0 Å². The van der Waals surface area contributed by atoms with E-state index in [0.29, 0.717) is 4.83 Å². The number of benzene rings is 1. The van der Waals surface area contributed by atoms with Crippen molar-refractivity contribution >= 4 is 15.9 Å². The van der Waals surface area contributed by atoms with Gasteiger partial charge >= 0.3 is 0 Å². The molecule has 0 N–H and O–H groups in total. The van der Waals surface area contributed by atoms with Crippen molar-refractivity contribution in [2.24, 2.45) is 0 Å². The van der Waals surface area contributed by atoms with Crippen LogP contribution in [0.3, 0.4) is 0 Å². The number of hydrogen-bond donors (Lipinski definition) is 0. The van der Waals surface area contributed by atoms with Crippen molar-refractivity contribution in [3.8, 4) is 0 Å². The van der Waals surface area contributed by atoms with Crippen LogP contribution < -0.4 is 0 Å². The van der Waals surface area contributed by atoms with Crippen molar-refractivity contribution in [2.45, 2.75) is 65.1 Å². The first-order valence-electron chi connectivity index (χ1n) is 6.70. The van der Waals surface area contributed by atoms with E-state index in [4.69, 9.17) is 0 Å². The lowest BCUT2D eigenvalue weighted by atomic mass is 9.91. The molecule has 0 amide bonds. The van der Waals surface area contributed by atoms with Crippen LogP contribution in [0.15, 0.2) is 6.07 Å². The monoisotopic (exact) mass is 296 g/mol. The topological polar surface area (TPSA) is 0 Å². The van der Waals surface area contributed by atoms with Crippen molar-refractivity contribution in [1.82, 2.24) is 0 Å². The Bertz CT molecular complexity index is 353. The van der Waals surface area contributed by atoms with E-state index in [1.807, 2.05) is 0 Å². The molecular formula is C16H25Br. The molecule has 0 bridgehead atoms. The van der Waals surface area contributed by atoms with Crippen LogP contribution in [0.2, 0.25) is 0 Å². The maximum atomic E-state index is 3.89. The summed E-state index contributed by atoms with van der Waals surface area (Å²) in [6, 6.07) is 2.31. The highest BCUT2D eigenvalue weighted by Crippen LogP contribution is 2.35. The fourth-order valence-corrected chi connectivity index (χ4v) is 3.45. The van der Waals surface area contributed by atoms with Crippen molar-refractivity contribution in [1.29, 1.82) is 0 Å². The minimum atomic E-state index is 0.521. The highest BCUT2D eigenvalue weighted by Gasteiger charge is 2.15. The molecule has 17 heavy (non-hydrogen) atoms. The van der Waals surface area contributed by atoms with Gasteiger partial charge in [-0.05, 0) is 61.9 Å². The molecule has 0 fully saturated rings. The minimum Gasteiger partial charge on any atom is -0.0839 e. The molecule has 0 aliphatic rings. The van der Waals surface area contributed by atoms with Gasteiger partial charge in [0.05, 0.1) is 0 Å². The molecule has 1 atom stereocenters. The van der Waals surface area contributed by atoms with Crippen LogP contribution in [0.4, 0.5) is 0 Å². The predicted molar refractivity (Wildman–Crippen MR) is 81.2 cm³/mol. The normalized spacial score (nSPS) is 12.8. The Kier molecular flexibility index (Phi) is 5.72. The third kappa shape index (κ3) is 3.58. The van der Waals surface area contributed by atoms with Gasteiger partial charge in [-0.3, -0.25) is 0 Å². The van der Waals surface area contributed by atoms with E-state index in [0.717, 1.165) is 0 Å². The highest BCUT2D eigenvalue weighted by molar-refractivity contribution is 9.09. The van der Waals surface area contributed by atoms with Gasteiger partial charge in [-0.25, -0.2) is 0 Å². The second-order valence-electron chi connectivity index (χ2n) is 5.14. The summed E-state index contributed by atoms with van der Waals surface area (Å²) in [5.74, 6) is 0. The molecule has 0 aliphatic carbocycles. The van der Waals surface area contributed by atoms with E-state index in [-0.39, 0.29) is 0 Å². The summed E-state index contributed by atoms with van der Waals surface area (Å²) in [5.41, 5.74) is 7.29. The molecule has 1 rings (SSSR count). The molecule has 1 heteroatoms. The van der Waals surface area contributed by atoms with Crippen LogP contribution >= 0.6 is 15.9 Å². The van der Waals surface area contributed by atoms with Gasteiger partial charge in [0.25, 0.3) is 0 Å². The lowest BCUT2D eigenvalue weighted by molar-refractivity contribution is 0.661. The average Bonchev–Trinajstić information content (AvgIpc) is 2.27. The molecule has 1 unspecified atom stereocenters. The molecule has 1 aromatic carbocycles. The number of alkyl halides is 1. The molecule has 0 aliphatic heterocycles. The fraction of sp³-hybridized carbons (Fsp3) is 0.625. The van der Waals surface area contributed by atoms with Gasteiger partial charge in [-0.2, -0.15) is 0 Å². The standard InChI is InChI=1S/C16H25Br/c1-6-7-8-9-15(17)16-13(4)11(2)10-12(3)14(16)5/h10,15H,6-9H2,1-5H3. The molecule has 1 aromatic rings. The Balaban J connectivity index is 2.95. The Morgan fingerprint density at radius 1 is 1.00 bits per heavy atom. The molecule has 0 radical (unpaired) electrons.